The average molecular weight is 334 g/mol. The molecule has 3 rings (SSSR count). The zero-order chi connectivity index (χ0) is 17.9. The van der Waals surface area contributed by atoms with Gasteiger partial charge in [-0.25, -0.2) is 5.06 Å². The lowest BCUT2D eigenvalue weighted by Crippen LogP contribution is -2.43. The van der Waals surface area contributed by atoms with Gasteiger partial charge in [-0.2, -0.15) is 0 Å². The summed E-state index contributed by atoms with van der Waals surface area (Å²) in [6.07, 6.45) is 0. The molecule has 8 nitrogen and oxygen atoms in total. The van der Waals surface area contributed by atoms with Crippen LogP contribution in [0.3, 0.4) is 0 Å². The Labute approximate surface area is 141 Å². The topological polar surface area (TPSA) is 88.7 Å². The first-order valence-corrected chi connectivity index (χ1v) is 7.38. The number of oxime groups is 2. The summed E-state index contributed by atoms with van der Waals surface area (Å²) in [4.78, 5) is 15.7. The first kappa shape index (κ1) is 17.6. The molecule has 2 heterocycles. The van der Waals surface area contributed by atoms with Gasteiger partial charge in [0, 0.05) is 0 Å². The molecule has 0 saturated carbocycles. The molecule has 0 fully saturated rings. The highest BCUT2D eigenvalue weighted by Crippen LogP contribution is 2.38. The van der Waals surface area contributed by atoms with Gasteiger partial charge in [-0.3, -0.25) is 5.41 Å². The second-order valence-electron chi connectivity index (χ2n) is 5.30. The van der Waals surface area contributed by atoms with Crippen molar-refractivity contribution in [1.82, 2.24) is 0 Å². The average Bonchev–Trinajstić information content (AvgIpc) is 2.58. The second-order valence-corrected chi connectivity index (χ2v) is 5.30. The quantitative estimate of drug-likeness (QED) is 0.490. The first-order valence-electron chi connectivity index (χ1n) is 7.38. The molecule has 1 atom stereocenters. The number of anilines is 1. The smallest absolute Gasteiger partial charge is 0.236 e. The van der Waals surface area contributed by atoms with Crippen molar-refractivity contribution in [2.75, 3.05) is 26.4 Å². The van der Waals surface area contributed by atoms with Crippen molar-refractivity contribution >= 4 is 23.0 Å². The highest BCUT2D eigenvalue weighted by Gasteiger charge is 2.31. The van der Waals surface area contributed by atoms with Gasteiger partial charge in [-0.05, 0) is 38.5 Å². The third-order valence-corrected chi connectivity index (χ3v) is 3.75. The molecule has 2 aliphatic heterocycles. The Morgan fingerprint density at radius 1 is 1.21 bits per heavy atom. The Hall–Kier alpha value is -2.77. The SMILES string of the molecule is CON=C(C(=N)OC)c1cc2cc(C)c1ON2C(C)C(C)=NOC. The Morgan fingerprint density at radius 2 is 1.88 bits per heavy atom. The van der Waals surface area contributed by atoms with Gasteiger partial charge in [0.1, 0.15) is 20.3 Å². The molecule has 24 heavy (non-hydrogen) atoms. The molecule has 0 aromatic heterocycles. The zero-order valence-electron chi connectivity index (χ0n) is 14.7. The number of benzene rings is 1. The molecule has 1 aromatic rings. The summed E-state index contributed by atoms with van der Waals surface area (Å²) < 4.78 is 4.99. The van der Waals surface area contributed by atoms with Crippen molar-refractivity contribution in [3.63, 3.8) is 0 Å². The van der Waals surface area contributed by atoms with Crippen molar-refractivity contribution in [1.29, 1.82) is 5.41 Å². The lowest BCUT2D eigenvalue weighted by atomic mass is 10.0. The van der Waals surface area contributed by atoms with Gasteiger partial charge in [-0.1, -0.05) is 10.3 Å². The molecule has 1 unspecified atom stereocenters. The van der Waals surface area contributed by atoms with E-state index in [0.717, 1.165) is 17.0 Å². The van der Waals surface area contributed by atoms with E-state index >= 15 is 0 Å². The number of ether oxygens (including phenoxy) is 1. The molecule has 2 aliphatic rings. The Balaban J connectivity index is 2.46. The van der Waals surface area contributed by atoms with Crippen LogP contribution >= 0.6 is 0 Å². The van der Waals surface area contributed by atoms with E-state index in [1.54, 1.807) is 5.06 Å². The van der Waals surface area contributed by atoms with Crippen LogP contribution in [0.2, 0.25) is 0 Å². The van der Waals surface area contributed by atoms with Gasteiger partial charge in [0.05, 0.1) is 24.1 Å². The molecule has 0 saturated heterocycles. The number of hydrogen-bond acceptors (Lipinski definition) is 8. The lowest BCUT2D eigenvalue weighted by Gasteiger charge is -2.36. The minimum Gasteiger partial charge on any atom is -0.480 e. The first-order chi connectivity index (χ1) is 11.4. The van der Waals surface area contributed by atoms with Crippen molar-refractivity contribution in [2.45, 2.75) is 26.8 Å². The fourth-order valence-electron chi connectivity index (χ4n) is 2.42. The summed E-state index contributed by atoms with van der Waals surface area (Å²) in [5.41, 5.74) is 3.44. The fourth-order valence-corrected chi connectivity index (χ4v) is 2.42. The van der Waals surface area contributed by atoms with Crippen LogP contribution in [0.5, 0.6) is 5.75 Å². The molecule has 130 valence electrons. The van der Waals surface area contributed by atoms with Crippen LogP contribution in [-0.4, -0.2) is 44.7 Å². The third-order valence-electron chi connectivity index (χ3n) is 3.75. The normalized spacial score (nSPS) is 15.0. The van der Waals surface area contributed by atoms with Crippen LogP contribution in [0.25, 0.3) is 0 Å². The predicted octanol–water partition coefficient (Wildman–Crippen LogP) is 2.49. The van der Waals surface area contributed by atoms with E-state index in [1.165, 1.54) is 21.3 Å². The van der Waals surface area contributed by atoms with Crippen LogP contribution in [0.1, 0.15) is 25.0 Å². The van der Waals surface area contributed by atoms with E-state index in [2.05, 4.69) is 10.3 Å². The number of fused-ring (bicyclic) bond motifs is 3. The highest BCUT2D eigenvalue weighted by atomic mass is 16.7. The lowest BCUT2D eigenvalue weighted by molar-refractivity contribution is 0.207. The number of hydrogen-bond donors (Lipinski definition) is 1. The summed E-state index contributed by atoms with van der Waals surface area (Å²) in [7, 11) is 4.34. The summed E-state index contributed by atoms with van der Waals surface area (Å²) in [6, 6.07) is 3.76. The van der Waals surface area contributed by atoms with Crippen molar-refractivity contribution < 1.29 is 19.2 Å². The summed E-state index contributed by atoms with van der Waals surface area (Å²) in [6.45, 7) is 5.76. The van der Waals surface area contributed by atoms with Crippen LogP contribution < -0.4 is 9.90 Å². The van der Waals surface area contributed by atoms with E-state index in [9.17, 15) is 0 Å². The summed E-state index contributed by atoms with van der Waals surface area (Å²) in [5.74, 6) is 0.497. The molecule has 1 N–H and O–H groups in total. The Kier molecular flexibility index (Phi) is 5.28. The molecular weight excluding hydrogens is 312 g/mol. The summed E-state index contributed by atoms with van der Waals surface area (Å²) in [5, 5.41) is 17.5. The van der Waals surface area contributed by atoms with Gasteiger partial charge >= 0.3 is 0 Å². The van der Waals surface area contributed by atoms with E-state index in [1.807, 2.05) is 32.9 Å². The Bertz CT molecular complexity index is 700. The largest absolute Gasteiger partial charge is 0.480 e. The minimum absolute atomic E-state index is 0.100. The van der Waals surface area contributed by atoms with Gasteiger partial charge in [0.2, 0.25) is 5.90 Å². The van der Waals surface area contributed by atoms with Gasteiger partial charge in [0.15, 0.2) is 11.5 Å². The number of hydroxylamine groups is 1. The zero-order valence-corrected chi connectivity index (χ0v) is 14.7. The molecule has 0 amide bonds. The van der Waals surface area contributed by atoms with Crippen LogP contribution in [0, 0.1) is 12.3 Å². The number of rotatable bonds is 6. The highest BCUT2D eigenvalue weighted by molar-refractivity contribution is 6.45. The number of nitrogens with one attached hydrogen (secondary N) is 1. The van der Waals surface area contributed by atoms with E-state index < -0.39 is 0 Å². The second kappa shape index (κ2) is 7.20. The minimum atomic E-state index is -0.123. The van der Waals surface area contributed by atoms with Crippen LogP contribution in [0.15, 0.2) is 22.4 Å². The van der Waals surface area contributed by atoms with Crippen molar-refractivity contribution in [2.24, 2.45) is 10.3 Å². The number of aryl methyl sites for hydroxylation is 1. The van der Waals surface area contributed by atoms with E-state index in [-0.39, 0.29) is 17.7 Å². The Morgan fingerprint density at radius 3 is 2.42 bits per heavy atom. The third kappa shape index (κ3) is 3.12. The maximum Gasteiger partial charge on any atom is 0.236 e. The van der Waals surface area contributed by atoms with Crippen LogP contribution in [-0.2, 0) is 14.4 Å². The van der Waals surface area contributed by atoms with Gasteiger partial charge in [-0.15, -0.1) is 0 Å². The summed E-state index contributed by atoms with van der Waals surface area (Å²) >= 11 is 0. The molecule has 2 bridgehead atoms. The molecular formula is C16H22N4O4. The maximum atomic E-state index is 7.92. The standard InChI is InChI=1S/C16H22N4O4/c1-9-7-12-8-13(14(19-23-6)16(17)21-4)15(9)24-20(12)11(3)10(2)18-22-5/h7-8,11,17H,1-6H3. The van der Waals surface area contributed by atoms with Gasteiger partial charge in [0.25, 0.3) is 0 Å². The monoisotopic (exact) mass is 334 g/mol. The molecule has 8 heteroatoms. The molecule has 0 aliphatic carbocycles. The van der Waals surface area contributed by atoms with E-state index in [4.69, 9.17) is 24.7 Å². The number of methoxy groups -OCH3 is 1. The van der Waals surface area contributed by atoms with Crippen molar-refractivity contribution in [3.8, 4) is 5.75 Å². The fraction of sp³-hybridized carbons (Fsp3) is 0.438. The molecule has 1 aromatic carbocycles. The maximum absolute atomic E-state index is 7.92. The van der Waals surface area contributed by atoms with Crippen LogP contribution in [0.4, 0.5) is 5.69 Å². The van der Waals surface area contributed by atoms with Gasteiger partial charge < -0.3 is 19.2 Å². The predicted molar refractivity (Wildman–Crippen MR) is 92.1 cm³/mol. The van der Waals surface area contributed by atoms with E-state index in [0.29, 0.717) is 11.3 Å². The molecule has 0 radical (unpaired) electrons. The molecule has 0 spiro atoms. The number of nitrogens with zero attached hydrogens (tertiary/aromatic N) is 3. The van der Waals surface area contributed by atoms with Crippen molar-refractivity contribution in [3.05, 3.63) is 23.3 Å².